The van der Waals surface area contributed by atoms with Crippen LogP contribution in [0.25, 0.3) is 0 Å². The van der Waals surface area contributed by atoms with E-state index in [4.69, 9.17) is 9.47 Å². The normalized spacial score (nSPS) is 19.0. The lowest BCUT2D eigenvalue weighted by molar-refractivity contribution is -0.384. The van der Waals surface area contributed by atoms with Crippen molar-refractivity contribution >= 4 is 17.5 Å². The smallest absolute Gasteiger partial charge is 0.270 e. The van der Waals surface area contributed by atoms with Crippen LogP contribution < -0.4 is 10.9 Å². The van der Waals surface area contributed by atoms with Gasteiger partial charge in [-0.3, -0.25) is 35.5 Å². The Morgan fingerprint density at radius 2 is 1.89 bits per heavy atom. The molecule has 0 aliphatic carbocycles. The maximum Gasteiger partial charge on any atom is 0.270 e. The summed E-state index contributed by atoms with van der Waals surface area (Å²) in [5.74, 6) is -0.609. The minimum Gasteiger partial charge on any atom is -0.350 e. The van der Waals surface area contributed by atoms with Gasteiger partial charge in [0.15, 0.2) is 6.29 Å². The number of carbonyl (C=O) groups excluding carboxylic acids is 2. The highest BCUT2D eigenvalue weighted by Crippen LogP contribution is 2.25. The average Bonchev–Trinajstić information content (AvgIpc) is 3.21. The predicted molar refractivity (Wildman–Crippen MR) is 93.6 cm³/mol. The molecule has 0 aromatic heterocycles. The van der Waals surface area contributed by atoms with Crippen LogP contribution in [0.5, 0.6) is 0 Å². The van der Waals surface area contributed by atoms with Crippen molar-refractivity contribution in [2.45, 2.75) is 19.1 Å². The SMILES string of the molecule is O=C(CN1CCC(C2OCCO2)CC1)NNC(=O)c1cccc([N+](=O)[O-])c1. The number of nitrogens with zero attached hydrogens (tertiary/aromatic N) is 2. The van der Waals surface area contributed by atoms with Crippen LogP contribution in [-0.4, -0.2) is 60.8 Å². The van der Waals surface area contributed by atoms with Crippen molar-refractivity contribution in [2.24, 2.45) is 5.92 Å². The quantitative estimate of drug-likeness (QED) is 0.563. The van der Waals surface area contributed by atoms with Gasteiger partial charge in [-0.25, -0.2) is 0 Å². The van der Waals surface area contributed by atoms with E-state index in [0.717, 1.165) is 32.0 Å². The summed E-state index contributed by atoms with van der Waals surface area (Å²) in [5, 5.41) is 10.8. The van der Waals surface area contributed by atoms with Crippen LogP contribution in [0.3, 0.4) is 0 Å². The molecular formula is C17H22N4O6. The Hall–Kier alpha value is -2.56. The van der Waals surface area contributed by atoms with Gasteiger partial charge in [0, 0.05) is 23.6 Å². The van der Waals surface area contributed by atoms with Gasteiger partial charge in [-0.2, -0.15) is 0 Å². The summed E-state index contributed by atoms with van der Waals surface area (Å²) >= 11 is 0. The van der Waals surface area contributed by atoms with Crippen LogP contribution in [0.1, 0.15) is 23.2 Å². The lowest BCUT2D eigenvalue weighted by atomic mass is 9.96. The number of amides is 2. The number of ether oxygens (including phenoxy) is 2. The number of benzene rings is 1. The van der Waals surface area contributed by atoms with Crippen molar-refractivity contribution in [1.82, 2.24) is 15.8 Å². The van der Waals surface area contributed by atoms with Gasteiger partial charge >= 0.3 is 0 Å². The molecule has 146 valence electrons. The highest BCUT2D eigenvalue weighted by atomic mass is 16.7. The Labute approximate surface area is 155 Å². The summed E-state index contributed by atoms with van der Waals surface area (Å²) in [6.45, 7) is 2.93. The molecule has 2 amide bonds. The fourth-order valence-corrected chi connectivity index (χ4v) is 3.23. The Kier molecular flexibility index (Phi) is 6.32. The lowest BCUT2D eigenvalue weighted by Crippen LogP contribution is -2.48. The predicted octanol–water partition coefficient (Wildman–Crippen LogP) is 0.441. The van der Waals surface area contributed by atoms with E-state index in [1.165, 1.54) is 18.2 Å². The van der Waals surface area contributed by atoms with Crippen molar-refractivity contribution in [2.75, 3.05) is 32.8 Å². The average molecular weight is 378 g/mol. The largest absolute Gasteiger partial charge is 0.350 e. The maximum atomic E-state index is 12.0. The van der Waals surface area contributed by atoms with Crippen molar-refractivity contribution in [3.63, 3.8) is 0 Å². The molecular weight excluding hydrogens is 356 g/mol. The lowest BCUT2D eigenvalue weighted by Gasteiger charge is -2.33. The molecule has 0 unspecified atom stereocenters. The number of hydrazine groups is 1. The topological polar surface area (TPSA) is 123 Å². The first-order chi connectivity index (χ1) is 13.0. The number of nitro groups is 1. The number of piperidine rings is 1. The standard InChI is InChI=1S/C17H22N4O6/c22-15(11-20-6-4-12(5-7-20)17-26-8-9-27-17)18-19-16(23)13-2-1-3-14(10-13)21(24)25/h1-3,10,12,17H,4-9,11H2,(H,18,22)(H,19,23). The molecule has 2 saturated heterocycles. The third-order valence-corrected chi connectivity index (χ3v) is 4.67. The molecule has 0 saturated carbocycles. The summed E-state index contributed by atoms with van der Waals surface area (Å²) in [6.07, 6.45) is 1.64. The van der Waals surface area contributed by atoms with Gasteiger partial charge in [-0.1, -0.05) is 6.07 Å². The number of non-ortho nitro benzene ring substituents is 1. The first-order valence-corrected chi connectivity index (χ1v) is 8.82. The van der Waals surface area contributed by atoms with Crippen LogP contribution in [0.4, 0.5) is 5.69 Å². The van der Waals surface area contributed by atoms with Crippen LogP contribution in [0, 0.1) is 16.0 Å². The second-order valence-corrected chi connectivity index (χ2v) is 6.53. The first-order valence-electron chi connectivity index (χ1n) is 8.82. The Balaban J connectivity index is 1.40. The molecule has 27 heavy (non-hydrogen) atoms. The Morgan fingerprint density at radius 1 is 1.19 bits per heavy atom. The second kappa shape index (κ2) is 8.89. The highest BCUT2D eigenvalue weighted by Gasteiger charge is 2.30. The highest BCUT2D eigenvalue weighted by molar-refractivity contribution is 5.96. The van der Waals surface area contributed by atoms with Gasteiger partial charge < -0.3 is 9.47 Å². The van der Waals surface area contributed by atoms with E-state index in [-0.39, 0.29) is 30.0 Å². The van der Waals surface area contributed by atoms with Crippen LogP contribution >= 0.6 is 0 Å². The molecule has 10 heteroatoms. The van der Waals surface area contributed by atoms with Crippen molar-refractivity contribution in [1.29, 1.82) is 0 Å². The van der Waals surface area contributed by atoms with Gasteiger partial charge in [0.1, 0.15) is 0 Å². The van der Waals surface area contributed by atoms with Gasteiger partial charge in [-0.15, -0.1) is 0 Å². The summed E-state index contributed by atoms with van der Waals surface area (Å²) in [4.78, 5) is 36.2. The maximum absolute atomic E-state index is 12.0. The summed E-state index contributed by atoms with van der Waals surface area (Å²) in [5.41, 5.74) is 4.54. The summed E-state index contributed by atoms with van der Waals surface area (Å²) < 4.78 is 11.1. The molecule has 2 fully saturated rings. The van der Waals surface area contributed by atoms with Crippen molar-refractivity contribution < 1.29 is 24.0 Å². The molecule has 2 aliphatic rings. The van der Waals surface area contributed by atoms with E-state index in [2.05, 4.69) is 10.9 Å². The minimum absolute atomic E-state index is 0.0990. The fraction of sp³-hybridized carbons (Fsp3) is 0.529. The van der Waals surface area contributed by atoms with Gasteiger partial charge in [0.2, 0.25) is 0 Å². The number of likely N-dealkylation sites (tertiary alicyclic amines) is 1. The van der Waals surface area contributed by atoms with Gasteiger partial charge in [0.25, 0.3) is 17.5 Å². The summed E-state index contributed by atoms with van der Waals surface area (Å²) in [7, 11) is 0. The third kappa shape index (κ3) is 5.22. The zero-order valence-electron chi connectivity index (χ0n) is 14.8. The van der Waals surface area contributed by atoms with E-state index in [0.29, 0.717) is 19.1 Å². The number of carbonyl (C=O) groups is 2. The molecule has 2 heterocycles. The van der Waals surface area contributed by atoms with Gasteiger partial charge in [-0.05, 0) is 32.0 Å². The van der Waals surface area contributed by atoms with E-state index in [9.17, 15) is 19.7 Å². The van der Waals surface area contributed by atoms with Crippen molar-refractivity contribution in [3.05, 3.63) is 39.9 Å². The van der Waals surface area contributed by atoms with Crippen LogP contribution in [-0.2, 0) is 14.3 Å². The number of rotatable bonds is 5. The molecule has 1 aromatic carbocycles. The molecule has 0 radical (unpaired) electrons. The van der Waals surface area contributed by atoms with Crippen molar-refractivity contribution in [3.8, 4) is 0 Å². The molecule has 3 rings (SSSR count). The fourth-order valence-electron chi connectivity index (χ4n) is 3.23. The molecule has 10 nitrogen and oxygen atoms in total. The third-order valence-electron chi connectivity index (χ3n) is 4.67. The van der Waals surface area contributed by atoms with E-state index in [1.807, 2.05) is 4.90 Å². The first kappa shape index (κ1) is 19.2. The Morgan fingerprint density at radius 3 is 2.56 bits per heavy atom. The molecule has 0 bridgehead atoms. The Bertz CT molecular complexity index is 698. The van der Waals surface area contributed by atoms with E-state index in [1.54, 1.807) is 0 Å². The second-order valence-electron chi connectivity index (χ2n) is 6.53. The number of nitrogens with one attached hydrogen (secondary N) is 2. The molecule has 0 spiro atoms. The van der Waals surface area contributed by atoms with Gasteiger partial charge in [0.05, 0.1) is 24.7 Å². The number of hydrogen-bond donors (Lipinski definition) is 2. The molecule has 1 aromatic rings. The zero-order valence-corrected chi connectivity index (χ0v) is 14.8. The summed E-state index contributed by atoms with van der Waals surface area (Å²) in [6, 6.07) is 5.29. The van der Waals surface area contributed by atoms with Crippen LogP contribution in [0.2, 0.25) is 0 Å². The monoisotopic (exact) mass is 378 g/mol. The van der Waals surface area contributed by atoms with E-state index >= 15 is 0 Å². The van der Waals surface area contributed by atoms with E-state index < -0.39 is 10.8 Å². The molecule has 0 atom stereocenters. The number of nitro benzene ring substituents is 1. The minimum atomic E-state index is -0.610. The zero-order chi connectivity index (χ0) is 19.2. The number of hydrogen-bond acceptors (Lipinski definition) is 7. The molecule has 2 N–H and O–H groups in total. The molecule has 2 aliphatic heterocycles. The van der Waals surface area contributed by atoms with Crippen LogP contribution in [0.15, 0.2) is 24.3 Å².